The van der Waals surface area contributed by atoms with Crippen molar-refractivity contribution in [3.8, 4) is 0 Å². The van der Waals surface area contributed by atoms with E-state index in [-0.39, 0.29) is 11.4 Å². The monoisotopic (exact) mass is 596 g/mol. The molecule has 0 atom stereocenters. The maximum absolute atomic E-state index is 13.3. The number of benzene rings is 3. The van der Waals surface area contributed by atoms with E-state index >= 15 is 0 Å². The molecule has 0 saturated carbocycles. The summed E-state index contributed by atoms with van der Waals surface area (Å²) in [6, 6.07) is 18.6. The van der Waals surface area contributed by atoms with Crippen LogP contribution in [0.25, 0.3) is 0 Å². The first kappa shape index (κ1) is 27.2. The number of hydrogen-bond donors (Lipinski definition) is 1. The summed E-state index contributed by atoms with van der Waals surface area (Å²) in [5.74, 6) is -0.591. The number of hydrazone groups is 1. The fraction of sp³-hybridized carbons (Fsp3) is 0.167. The lowest BCUT2D eigenvalue weighted by Crippen LogP contribution is -2.39. The molecule has 0 aromatic heterocycles. The minimum Gasteiger partial charge on any atom is -0.378 e. The number of halogens is 3. The first-order valence-electron chi connectivity index (χ1n) is 10.3. The number of nitrogens with zero attached hydrogens (tertiary/aromatic N) is 3. The number of amides is 1. The van der Waals surface area contributed by atoms with Crippen LogP contribution < -0.4 is 10.3 Å². The molecule has 0 aliphatic heterocycles. The largest absolute Gasteiger partial charge is 0.378 e. The molecule has 0 heterocycles. The first-order chi connectivity index (χ1) is 16.6. The minimum absolute atomic E-state index is 0.0537. The van der Waals surface area contributed by atoms with Gasteiger partial charge in [0.05, 0.1) is 27.7 Å². The molecule has 0 fully saturated rings. The van der Waals surface area contributed by atoms with Gasteiger partial charge in [0.25, 0.3) is 5.91 Å². The van der Waals surface area contributed by atoms with E-state index in [1.54, 1.807) is 30.3 Å². The number of sulfonamides is 1. The average molecular weight is 598 g/mol. The molecule has 0 saturated heterocycles. The Morgan fingerprint density at radius 1 is 1.00 bits per heavy atom. The van der Waals surface area contributed by atoms with Crippen molar-refractivity contribution in [2.75, 3.05) is 25.5 Å². The summed E-state index contributed by atoms with van der Waals surface area (Å²) in [5.41, 5.74) is 4.79. The van der Waals surface area contributed by atoms with Gasteiger partial charge in [-0.05, 0) is 59.7 Å². The van der Waals surface area contributed by atoms with Gasteiger partial charge in [-0.15, -0.1) is 0 Å². The van der Waals surface area contributed by atoms with E-state index in [0.29, 0.717) is 15.6 Å². The second kappa shape index (κ2) is 12.0. The van der Waals surface area contributed by atoms with E-state index < -0.39 is 22.5 Å². The molecule has 0 radical (unpaired) electrons. The fourth-order valence-corrected chi connectivity index (χ4v) is 5.03. The topological polar surface area (TPSA) is 82.1 Å². The van der Waals surface area contributed by atoms with Crippen molar-refractivity contribution < 1.29 is 13.2 Å². The molecule has 1 amide bonds. The van der Waals surface area contributed by atoms with Gasteiger partial charge in [0.1, 0.15) is 0 Å². The van der Waals surface area contributed by atoms with Crippen LogP contribution in [-0.4, -0.2) is 45.5 Å². The van der Waals surface area contributed by atoms with Gasteiger partial charge in [0, 0.05) is 30.8 Å². The van der Waals surface area contributed by atoms with Crippen molar-refractivity contribution in [3.05, 3.63) is 92.4 Å². The first-order valence-corrected chi connectivity index (χ1v) is 13.3. The van der Waals surface area contributed by atoms with Gasteiger partial charge in [-0.1, -0.05) is 57.3 Å². The molecule has 1 N–H and O–H groups in total. The molecule has 0 bridgehead atoms. The van der Waals surface area contributed by atoms with Crippen LogP contribution in [0.2, 0.25) is 10.0 Å². The Labute approximate surface area is 223 Å². The van der Waals surface area contributed by atoms with Gasteiger partial charge in [-0.25, -0.2) is 13.8 Å². The van der Waals surface area contributed by atoms with Crippen molar-refractivity contribution in [2.45, 2.75) is 11.4 Å². The summed E-state index contributed by atoms with van der Waals surface area (Å²) < 4.78 is 28.5. The lowest BCUT2D eigenvalue weighted by atomic mass is 10.2. The van der Waals surface area contributed by atoms with Crippen molar-refractivity contribution in [2.24, 2.45) is 5.10 Å². The molecular weight excluding hydrogens is 575 g/mol. The predicted octanol–water partition coefficient (Wildman–Crippen LogP) is 5.16. The molecule has 0 aliphatic rings. The summed E-state index contributed by atoms with van der Waals surface area (Å²) in [6.45, 7) is -0.534. The normalized spacial score (nSPS) is 11.7. The number of nitrogens with one attached hydrogen (secondary N) is 1. The second-order valence-electron chi connectivity index (χ2n) is 7.75. The number of anilines is 1. The lowest BCUT2D eigenvalue weighted by Gasteiger charge is -2.22. The lowest BCUT2D eigenvalue weighted by molar-refractivity contribution is -0.121. The highest BCUT2D eigenvalue weighted by Gasteiger charge is 2.27. The maximum atomic E-state index is 13.3. The molecule has 7 nitrogen and oxygen atoms in total. The summed E-state index contributed by atoms with van der Waals surface area (Å²) >= 11 is 15.4. The van der Waals surface area contributed by atoms with E-state index in [4.69, 9.17) is 23.2 Å². The Bertz CT molecular complexity index is 1320. The van der Waals surface area contributed by atoms with Gasteiger partial charge in [0.15, 0.2) is 0 Å². The van der Waals surface area contributed by atoms with Crippen LogP contribution in [0.3, 0.4) is 0 Å². The van der Waals surface area contributed by atoms with E-state index in [9.17, 15) is 13.2 Å². The van der Waals surface area contributed by atoms with Crippen molar-refractivity contribution in [1.82, 2.24) is 9.73 Å². The summed E-state index contributed by atoms with van der Waals surface area (Å²) in [5, 5.41) is 4.61. The third kappa shape index (κ3) is 7.52. The molecule has 3 rings (SSSR count). The SMILES string of the molecule is CN(C)c1ccc(/C=N/NC(=O)CN(Cc2ccc(Cl)c(Cl)c2)S(=O)(=O)c2ccc(Br)cc2)cc1. The maximum Gasteiger partial charge on any atom is 0.255 e. The predicted molar refractivity (Wildman–Crippen MR) is 145 cm³/mol. The minimum atomic E-state index is -4.01. The molecule has 0 aliphatic carbocycles. The Morgan fingerprint density at radius 2 is 1.66 bits per heavy atom. The van der Waals surface area contributed by atoms with E-state index in [2.05, 4.69) is 26.5 Å². The zero-order valence-electron chi connectivity index (χ0n) is 19.0. The zero-order valence-corrected chi connectivity index (χ0v) is 22.9. The Balaban J connectivity index is 1.78. The van der Waals surface area contributed by atoms with Crippen LogP contribution in [-0.2, 0) is 21.4 Å². The van der Waals surface area contributed by atoms with Crippen molar-refractivity contribution >= 4 is 67.0 Å². The van der Waals surface area contributed by atoms with Gasteiger partial charge >= 0.3 is 0 Å². The zero-order chi connectivity index (χ0) is 25.6. The molecule has 3 aromatic rings. The van der Waals surface area contributed by atoms with Crippen molar-refractivity contribution in [1.29, 1.82) is 0 Å². The van der Waals surface area contributed by atoms with Gasteiger partial charge in [0.2, 0.25) is 10.0 Å². The van der Waals surface area contributed by atoms with Crippen LogP contribution in [0.15, 0.2) is 81.2 Å². The van der Waals surface area contributed by atoms with E-state index in [0.717, 1.165) is 20.0 Å². The highest BCUT2D eigenvalue weighted by atomic mass is 79.9. The van der Waals surface area contributed by atoms with Crippen LogP contribution in [0.4, 0.5) is 5.69 Å². The fourth-order valence-electron chi connectivity index (χ4n) is 3.06. The quantitative estimate of drug-likeness (QED) is 0.273. The Hall–Kier alpha value is -2.43. The molecular formula is C24H23BrCl2N4O3S. The Kier molecular flexibility index (Phi) is 9.32. The number of rotatable bonds is 9. The van der Waals surface area contributed by atoms with Gasteiger partial charge in [-0.2, -0.15) is 9.41 Å². The van der Waals surface area contributed by atoms with Crippen LogP contribution in [0.5, 0.6) is 0 Å². The molecule has 11 heteroatoms. The standard InChI is InChI=1S/C24H23BrCl2N4O3S/c1-30(2)20-8-3-17(4-9-20)14-28-29-24(32)16-31(15-18-5-12-22(26)23(27)13-18)35(33,34)21-10-6-19(25)7-11-21/h3-14H,15-16H2,1-2H3,(H,29,32)/b28-14+. The van der Waals surface area contributed by atoms with Crippen LogP contribution in [0.1, 0.15) is 11.1 Å². The number of carbonyl (C=O) groups excluding carboxylic acids is 1. The van der Waals surface area contributed by atoms with Crippen LogP contribution >= 0.6 is 39.1 Å². The molecule has 184 valence electrons. The number of carbonyl (C=O) groups is 1. The van der Waals surface area contributed by atoms with Crippen molar-refractivity contribution in [3.63, 3.8) is 0 Å². The Morgan fingerprint density at radius 3 is 2.26 bits per heavy atom. The third-order valence-electron chi connectivity index (χ3n) is 4.93. The van der Waals surface area contributed by atoms with Crippen LogP contribution in [0, 0.1) is 0 Å². The number of hydrogen-bond acceptors (Lipinski definition) is 5. The molecule has 0 spiro atoms. The van der Waals surface area contributed by atoms with E-state index in [1.165, 1.54) is 18.3 Å². The summed E-state index contributed by atoms with van der Waals surface area (Å²) in [6.07, 6.45) is 1.49. The molecule has 35 heavy (non-hydrogen) atoms. The van der Waals surface area contributed by atoms with E-state index in [1.807, 2.05) is 43.3 Å². The smallest absolute Gasteiger partial charge is 0.255 e. The van der Waals surface area contributed by atoms with Gasteiger partial charge in [-0.3, -0.25) is 4.79 Å². The molecule has 0 unspecified atom stereocenters. The summed E-state index contributed by atoms with van der Waals surface area (Å²) in [4.78, 5) is 14.7. The highest BCUT2D eigenvalue weighted by molar-refractivity contribution is 9.10. The van der Waals surface area contributed by atoms with Gasteiger partial charge < -0.3 is 4.90 Å². The third-order valence-corrected chi connectivity index (χ3v) is 8.00. The highest BCUT2D eigenvalue weighted by Crippen LogP contribution is 2.25. The second-order valence-corrected chi connectivity index (χ2v) is 11.4. The average Bonchev–Trinajstić information content (AvgIpc) is 2.81. The summed E-state index contributed by atoms with van der Waals surface area (Å²) in [7, 11) is -0.125. The molecule has 3 aromatic carbocycles.